The molecule has 1 atom stereocenters. The van der Waals surface area contributed by atoms with Crippen molar-refractivity contribution in [3.63, 3.8) is 0 Å². The van der Waals surface area contributed by atoms with Crippen molar-refractivity contribution in [2.24, 2.45) is 5.92 Å². The molecule has 2 aromatic carbocycles. The lowest BCUT2D eigenvalue weighted by Crippen LogP contribution is -2.15. The average molecular weight is 418 g/mol. The summed E-state index contributed by atoms with van der Waals surface area (Å²) in [6.07, 6.45) is 7.65. The van der Waals surface area contributed by atoms with Crippen molar-refractivity contribution in [2.75, 3.05) is 13.7 Å². The molecule has 5 heteroatoms. The van der Waals surface area contributed by atoms with E-state index in [0.29, 0.717) is 42.7 Å². The van der Waals surface area contributed by atoms with Gasteiger partial charge in [0.15, 0.2) is 11.6 Å². The Bertz CT molecular complexity index is 892. The van der Waals surface area contributed by atoms with Crippen LogP contribution in [0.15, 0.2) is 36.4 Å². The first-order valence-electron chi connectivity index (χ1n) is 10.7. The Labute approximate surface area is 176 Å². The number of rotatable bonds is 9. The molecule has 0 aliphatic heterocycles. The second kappa shape index (κ2) is 10.6. The van der Waals surface area contributed by atoms with Gasteiger partial charge in [-0.05, 0) is 67.4 Å². The number of benzene rings is 2. The van der Waals surface area contributed by atoms with Crippen LogP contribution < -0.4 is 9.47 Å². The van der Waals surface area contributed by atoms with Gasteiger partial charge < -0.3 is 9.47 Å². The van der Waals surface area contributed by atoms with Crippen molar-refractivity contribution in [3.8, 4) is 11.5 Å². The maximum Gasteiger partial charge on any atom is 0.200 e. The topological polar surface area (TPSA) is 18.5 Å². The Morgan fingerprint density at radius 3 is 2.53 bits per heavy atom. The van der Waals surface area contributed by atoms with Crippen LogP contribution in [0, 0.1) is 23.4 Å². The van der Waals surface area contributed by atoms with Gasteiger partial charge in [0.2, 0.25) is 5.82 Å². The Balaban J connectivity index is 1.57. The number of ether oxygens (including phenoxy) is 2. The zero-order valence-corrected chi connectivity index (χ0v) is 17.6. The predicted octanol–water partition coefficient (Wildman–Crippen LogP) is 7.11. The van der Waals surface area contributed by atoms with E-state index in [1.54, 1.807) is 18.2 Å². The van der Waals surface area contributed by atoms with Crippen LogP contribution in [0.1, 0.15) is 56.6 Å². The molecule has 0 saturated carbocycles. The van der Waals surface area contributed by atoms with E-state index in [1.807, 2.05) is 6.08 Å². The molecule has 0 amide bonds. The SMILES string of the molecule is CCCCCc1ccc(OCC2CC=C(c3ccc(OC)cc3F)CC2)c(F)c1F. The summed E-state index contributed by atoms with van der Waals surface area (Å²) in [6, 6.07) is 8.01. The summed E-state index contributed by atoms with van der Waals surface area (Å²) in [5, 5.41) is 0. The third-order valence-corrected chi connectivity index (χ3v) is 5.69. The highest BCUT2D eigenvalue weighted by Crippen LogP contribution is 2.33. The lowest BCUT2D eigenvalue weighted by molar-refractivity contribution is 0.228. The number of hydrogen-bond donors (Lipinski definition) is 0. The van der Waals surface area contributed by atoms with E-state index < -0.39 is 11.6 Å². The molecule has 1 aliphatic carbocycles. The average Bonchev–Trinajstić information content (AvgIpc) is 2.76. The monoisotopic (exact) mass is 418 g/mol. The third kappa shape index (κ3) is 5.38. The van der Waals surface area contributed by atoms with Crippen LogP contribution >= 0.6 is 0 Å². The molecule has 3 rings (SSSR count). The molecule has 0 radical (unpaired) electrons. The third-order valence-electron chi connectivity index (χ3n) is 5.69. The van der Waals surface area contributed by atoms with E-state index >= 15 is 0 Å². The van der Waals surface area contributed by atoms with Crippen molar-refractivity contribution < 1.29 is 22.6 Å². The summed E-state index contributed by atoms with van der Waals surface area (Å²) in [7, 11) is 1.51. The van der Waals surface area contributed by atoms with E-state index in [4.69, 9.17) is 9.47 Å². The normalized spacial score (nSPS) is 16.3. The number of hydrogen-bond acceptors (Lipinski definition) is 2. The molecule has 0 bridgehead atoms. The molecule has 1 unspecified atom stereocenters. The van der Waals surface area contributed by atoms with Gasteiger partial charge in [0.25, 0.3) is 0 Å². The second-order valence-corrected chi connectivity index (χ2v) is 7.83. The Kier molecular flexibility index (Phi) is 7.83. The van der Waals surface area contributed by atoms with Gasteiger partial charge in [-0.1, -0.05) is 31.9 Å². The zero-order chi connectivity index (χ0) is 21.5. The first-order valence-corrected chi connectivity index (χ1v) is 10.7. The van der Waals surface area contributed by atoms with Crippen molar-refractivity contribution >= 4 is 5.57 Å². The maximum atomic E-state index is 14.4. The molecule has 0 N–H and O–H groups in total. The highest BCUT2D eigenvalue weighted by molar-refractivity contribution is 5.67. The molecule has 0 heterocycles. The van der Waals surface area contributed by atoms with Gasteiger partial charge in [-0.15, -0.1) is 0 Å². The fraction of sp³-hybridized carbons (Fsp3) is 0.440. The van der Waals surface area contributed by atoms with Gasteiger partial charge >= 0.3 is 0 Å². The van der Waals surface area contributed by atoms with Crippen LogP contribution in [0.2, 0.25) is 0 Å². The zero-order valence-electron chi connectivity index (χ0n) is 17.6. The van der Waals surface area contributed by atoms with Crippen molar-refractivity contribution in [2.45, 2.75) is 51.9 Å². The minimum absolute atomic E-state index is 0.0392. The minimum Gasteiger partial charge on any atom is -0.497 e. The minimum atomic E-state index is -0.906. The molecule has 30 heavy (non-hydrogen) atoms. The van der Waals surface area contributed by atoms with Crippen LogP contribution in [-0.4, -0.2) is 13.7 Å². The fourth-order valence-corrected chi connectivity index (χ4v) is 3.82. The van der Waals surface area contributed by atoms with Crippen LogP contribution in [0.4, 0.5) is 13.2 Å². The van der Waals surface area contributed by atoms with Crippen LogP contribution in [-0.2, 0) is 6.42 Å². The number of allylic oxidation sites excluding steroid dienone is 2. The van der Waals surface area contributed by atoms with Gasteiger partial charge in [-0.3, -0.25) is 0 Å². The summed E-state index contributed by atoms with van der Waals surface area (Å²) in [5.74, 6) is -1.37. The first-order chi connectivity index (χ1) is 14.5. The van der Waals surface area contributed by atoms with Gasteiger partial charge in [0, 0.05) is 11.6 Å². The number of unbranched alkanes of at least 4 members (excludes halogenated alkanes) is 2. The predicted molar refractivity (Wildman–Crippen MR) is 113 cm³/mol. The van der Waals surface area contributed by atoms with Gasteiger partial charge in [-0.25, -0.2) is 8.78 Å². The van der Waals surface area contributed by atoms with E-state index in [-0.39, 0.29) is 17.5 Å². The number of methoxy groups -OCH3 is 1. The lowest BCUT2D eigenvalue weighted by atomic mass is 9.87. The smallest absolute Gasteiger partial charge is 0.200 e. The second-order valence-electron chi connectivity index (χ2n) is 7.83. The standard InChI is InChI=1S/C25H29F3O2/c1-3-4-5-6-19-11-14-23(25(28)24(19)27)30-16-17-7-9-18(10-8-17)21-13-12-20(29-2)15-22(21)26/h9,11-15,17H,3-8,10,16H2,1-2H3. The van der Waals surface area contributed by atoms with Gasteiger partial charge in [-0.2, -0.15) is 4.39 Å². The fourth-order valence-electron chi connectivity index (χ4n) is 3.82. The quantitative estimate of drug-likeness (QED) is 0.404. The first kappa shape index (κ1) is 22.3. The highest BCUT2D eigenvalue weighted by atomic mass is 19.2. The number of aryl methyl sites for hydroxylation is 1. The van der Waals surface area contributed by atoms with E-state index in [0.717, 1.165) is 31.3 Å². The maximum absolute atomic E-state index is 14.4. The number of halogens is 3. The molecule has 0 saturated heterocycles. The molecule has 0 aromatic heterocycles. The van der Waals surface area contributed by atoms with E-state index in [9.17, 15) is 13.2 Å². The lowest BCUT2D eigenvalue weighted by Gasteiger charge is -2.23. The molecule has 0 fully saturated rings. The van der Waals surface area contributed by atoms with E-state index in [2.05, 4.69) is 6.92 Å². The van der Waals surface area contributed by atoms with Crippen LogP contribution in [0.3, 0.4) is 0 Å². The van der Waals surface area contributed by atoms with Gasteiger partial charge in [0.1, 0.15) is 11.6 Å². The van der Waals surface area contributed by atoms with E-state index in [1.165, 1.54) is 19.2 Å². The molecule has 2 aromatic rings. The molecule has 0 spiro atoms. The van der Waals surface area contributed by atoms with Crippen LogP contribution in [0.25, 0.3) is 5.57 Å². The summed E-state index contributed by atoms with van der Waals surface area (Å²) in [4.78, 5) is 0. The Morgan fingerprint density at radius 1 is 1.03 bits per heavy atom. The van der Waals surface area contributed by atoms with Crippen molar-refractivity contribution in [3.05, 3.63) is 65.0 Å². The van der Waals surface area contributed by atoms with Crippen molar-refractivity contribution in [1.29, 1.82) is 0 Å². The summed E-state index contributed by atoms with van der Waals surface area (Å²) in [6.45, 7) is 2.38. The van der Waals surface area contributed by atoms with Crippen molar-refractivity contribution in [1.82, 2.24) is 0 Å². The largest absolute Gasteiger partial charge is 0.497 e. The molecule has 1 aliphatic rings. The van der Waals surface area contributed by atoms with Gasteiger partial charge in [0.05, 0.1) is 13.7 Å². The molecular weight excluding hydrogens is 389 g/mol. The summed E-state index contributed by atoms with van der Waals surface area (Å²) >= 11 is 0. The Morgan fingerprint density at radius 2 is 1.87 bits per heavy atom. The Hall–Kier alpha value is -2.43. The molecule has 2 nitrogen and oxygen atoms in total. The molecule has 162 valence electrons. The van der Waals surface area contributed by atoms with Crippen LogP contribution in [0.5, 0.6) is 11.5 Å². The summed E-state index contributed by atoms with van der Waals surface area (Å²) < 4.78 is 53.5. The summed E-state index contributed by atoms with van der Waals surface area (Å²) in [5.41, 5.74) is 1.95. The molecular formula is C25H29F3O2. The highest BCUT2D eigenvalue weighted by Gasteiger charge is 2.20.